The number of benzene rings is 2. The van der Waals surface area contributed by atoms with Gasteiger partial charge in [-0.2, -0.15) is 0 Å². The molecule has 1 fully saturated rings. The molecule has 2 aliphatic rings. The second-order valence-corrected chi connectivity index (χ2v) is 6.79. The van der Waals surface area contributed by atoms with Gasteiger partial charge >= 0.3 is 0 Å². The van der Waals surface area contributed by atoms with Crippen LogP contribution in [0.1, 0.15) is 23.5 Å². The first-order valence-corrected chi connectivity index (χ1v) is 9.25. The van der Waals surface area contributed by atoms with Crippen LogP contribution >= 0.6 is 0 Å². The molecule has 2 heterocycles. The third-order valence-corrected chi connectivity index (χ3v) is 5.17. The fourth-order valence-corrected chi connectivity index (χ4v) is 3.67. The lowest BCUT2D eigenvalue weighted by molar-refractivity contribution is 0.174. The van der Waals surface area contributed by atoms with Crippen LogP contribution in [0.25, 0.3) is 0 Å². The number of rotatable bonds is 4. The number of aliphatic imine (C=N–C) groups is 1. The van der Waals surface area contributed by atoms with Gasteiger partial charge in [0, 0.05) is 32.6 Å². The van der Waals surface area contributed by atoms with E-state index in [9.17, 15) is 0 Å². The van der Waals surface area contributed by atoms with Gasteiger partial charge < -0.3 is 24.4 Å². The molecule has 4 rings (SSSR count). The third-order valence-electron chi connectivity index (χ3n) is 5.17. The molecule has 2 aromatic carbocycles. The standard InChI is InChI=1S/C21H25N3O3/c1-22-21(23-12-15-3-8-19-20(11-15)27-14-26-19)24-10-9-17(13-24)16-4-6-18(25-2)7-5-16/h3-8,11,17H,9-10,12-14H2,1-2H3,(H,22,23). The Labute approximate surface area is 159 Å². The lowest BCUT2D eigenvalue weighted by atomic mass is 9.98. The number of nitrogens with zero attached hydrogens (tertiary/aromatic N) is 2. The van der Waals surface area contributed by atoms with Crippen molar-refractivity contribution in [2.75, 3.05) is 34.0 Å². The van der Waals surface area contributed by atoms with Crippen LogP contribution in [-0.4, -0.2) is 44.9 Å². The summed E-state index contributed by atoms with van der Waals surface area (Å²) < 4.78 is 16.1. The highest BCUT2D eigenvalue weighted by molar-refractivity contribution is 5.80. The Balaban J connectivity index is 1.35. The van der Waals surface area contributed by atoms with E-state index in [-0.39, 0.29) is 0 Å². The minimum Gasteiger partial charge on any atom is -0.497 e. The van der Waals surface area contributed by atoms with Crippen molar-refractivity contribution in [1.82, 2.24) is 10.2 Å². The zero-order chi connectivity index (χ0) is 18.6. The van der Waals surface area contributed by atoms with E-state index in [1.54, 1.807) is 7.11 Å². The first kappa shape index (κ1) is 17.5. The van der Waals surface area contributed by atoms with E-state index < -0.39 is 0 Å². The molecule has 2 aliphatic heterocycles. The van der Waals surface area contributed by atoms with Crippen molar-refractivity contribution in [3.63, 3.8) is 0 Å². The number of nitrogens with one attached hydrogen (secondary N) is 1. The van der Waals surface area contributed by atoms with Crippen LogP contribution in [0.15, 0.2) is 47.5 Å². The SMILES string of the molecule is CN=C(NCc1ccc2c(c1)OCO2)N1CCC(c2ccc(OC)cc2)C1. The van der Waals surface area contributed by atoms with Gasteiger partial charge in [0.1, 0.15) is 5.75 Å². The predicted molar refractivity (Wildman–Crippen MR) is 105 cm³/mol. The average Bonchev–Trinajstić information content (AvgIpc) is 3.38. The van der Waals surface area contributed by atoms with Crippen molar-refractivity contribution in [2.24, 2.45) is 4.99 Å². The van der Waals surface area contributed by atoms with E-state index in [1.807, 2.05) is 31.3 Å². The van der Waals surface area contributed by atoms with Crippen LogP contribution < -0.4 is 19.5 Å². The number of fused-ring (bicyclic) bond motifs is 1. The van der Waals surface area contributed by atoms with Crippen LogP contribution in [0.5, 0.6) is 17.2 Å². The summed E-state index contributed by atoms with van der Waals surface area (Å²) in [5.74, 6) is 3.97. The van der Waals surface area contributed by atoms with Crippen LogP contribution in [-0.2, 0) is 6.54 Å². The van der Waals surface area contributed by atoms with E-state index in [0.717, 1.165) is 48.3 Å². The smallest absolute Gasteiger partial charge is 0.231 e. The fourth-order valence-electron chi connectivity index (χ4n) is 3.67. The van der Waals surface area contributed by atoms with Gasteiger partial charge in [0.25, 0.3) is 0 Å². The van der Waals surface area contributed by atoms with Gasteiger partial charge in [-0.15, -0.1) is 0 Å². The molecule has 0 aliphatic carbocycles. The molecule has 6 heteroatoms. The van der Waals surface area contributed by atoms with Crippen LogP contribution in [0.4, 0.5) is 0 Å². The molecule has 6 nitrogen and oxygen atoms in total. The van der Waals surface area contributed by atoms with Crippen LogP contribution in [0, 0.1) is 0 Å². The van der Waals surface area contributed by atoms with Crippen LogP contribution in [0.3, 0.4) is 0 Å². The summed E-state index contributed by atoms with van der Waals surface area (Å²) in [6.45, 7) is 2.96. The van der Waals surface area contributed by atoms with Gasteiger partial charge in [-0.3, -0.25) is 4.99 Å². The Morgan fingerprint density at radius 3 is 2.78 bits per heavy atom. The molecule has 1 atom stereocenters. The van der Waals surface area contributed by atoms with Gasteiger partial charge in [0.05, 0.1) is 7.11 Å². The Morgan fingerprint density at radius 2 is 2.00 bits per heavy atom. The molecule has 0 amide bonds. The lowest BCUT2D eigenvalue weighted by Crippen LogP contribution is -2.39. The van der Waals surface area contributed by atoms with E-state index in [2.05, 4.69) is 33.4 Å². The summed E-state index contributed by atoms with van der Waals surface area (Å²) >= 11 is 0. The summed E-state index contributed by atoms with van der Waals surface area (Å²) in [5, 5.41) is 3.47. The number of guanidine groups is 1. The highest BCUT2D eigenvalue weighted by Crippen LogP contribution is 2.32. The normalized spacial score (nSPS) is 18.7. The molecule has 142 valence electrons. The maximum Gasteiger partial charge on any atom is 0.231 e. The molecule has 1 N–H and O–H groups in total. The minimum absolute atomic E-state index is 0.300. The quantitative estimate of drug-likeness (QED) is 0.665. The number of ether oxygens (including phenoxy) is 3. The first-order valence-electron chi connectivity index (χ1n) is 9.25. The monoisotopic (exact) mass is 367 g/mol. The van der Waals surface area contributed by atoms with Crippen molar-refractivity contribution < 1.29 is 14.2 Å². The number of hydrogen-bond acceptors (Lipinski definition) is 4. The second-order valence-electron chi connectivity index (χ2n) is 6.79. The second kappa shape index (κ2) is 7.78. The fraction of sp³-hybridized carbons (Fsp3) is 0.381. The van der Waals surface area contributed by atoms with Crippen molar-refractivity contribution >= 4 is 5.96 Å². The number of hydrogen-bond donors (Lipinski definition) is 1. The van der Waals surface area contributed by atoms with Crippen molar-refractivity contribution in [2.45, 2.75) is 18.9 Å². The van der Waals surface area contributed by atoms with E-state index >= 15 is 0 Å². The molecule has 0 saturated carbocycles. The molecule has 27 heavy (non-hydrogen) atoms. The maximum absolute atomic E-state index is 5.45. The Morgan fingerprint density at radius 1 is 1.19 bits per heavy atom. The van der Waals surface area contributed by atoms with Gasteiger partial charge in [0.15, 0.2) is 17.5 Å². The average molecular weight is 367 g/mol. The summed E-state index contributed by atoms with van der Waals surface area (Å²) in [5.41, 5.74) is 2.50. The molecular weight excluding hydrogens is 342 g/mol. The molecule has 0 aromatic heterocycles. The lowest BCUT2D eigenvalue weighted by Gasteiger charge is -2.22. The minimum atomic E-state index is 0.300. The van der Waals surface area contributed by atoms with E-state index in [0.29, 0.717) is 19.3 Å². The number of methoxy groups -OCH3 is 1. The van der Waals surface area contributed by atoms with E-state index in [4.69, 9.17) is 14.2 Å². The largest absolute Gasteiger partial charge is 0.497 e. The molecule has 0 radical (unpaired) electrons. The summed E-state index contributed by atoms with van der Waals surface area (Å²) in [4.78, 5) is 6.79. The maximum atomic E-state index is 5.45. The highest BCUT2D eigenvalue weighted by atomic mass is 16.7. The number of likely N-dealkylation sites (tertiary alicyclic amines) is 1. The van der Waals surface area contributed by atoms with Crippen LogP contribution in [0.2, 0.25) is 0 Å². The first-order chi connectivity index (χ1) is 13.3. The van der Waals surface area contributed by atoms with Crippen molar-refractivity contribution in [1.29, 1.82) is 0 Å². The van der Waals surface area contributed by atoms with Gasteiger partial charge in [0.2, 0.25) is 6.79 Å². The Hall–Kier alpha value is -2.89. The molecular formula is C21H25N3O3. The zero-order valence-corrected chi connectivity index (χ0v) is 15.8. The summed E-state index contributed by atoms with van der Waals surface area (Å²) in [6, 6.07) is 14.4. The van der Waals surface area contributed by atoms with Crippen molar-refractivity contribution in [3.05, 3.63) is 53.6 Å². The molecule has 0 spiro atoms. The molecule has 1 unspecified atom stereocenters. The molecule has 2 aromatic rings. The van der Waals surface area contributed by atoms with Gasteiger partial charge in [-0.05, 0) is 41.8 Å². The van der Waals surface area contributed by atoms with Gasteiger partial charge in [-0.1, -0.05) is 18.2 Å². The Kier molecular flexibility index (Phi) is 5.05. The highest BCUT2D eigenvalue weighted by Gasteiger charge is 2.26. The molecule has 0 bridgehead atoms. The third kappa shape index (κ3) is 3.79. The zero-order valence-electron chi connectivity index (χ0n) is 15.8. The van der Waals surface area contributed by atoms with E-state index in [1.165, 1.54) is 5.56 Å². The van der Waals surface area contributed by atoms with Crippen molar-refractivity contribution in [3.8, 4) is 17.2 Å². The summed E-state index contributed by atoms with van der Waals surface area (Å²) in [6.07, 6.45) is 1.12. The topological polar surface area (TPSA) is 55.3 Å². The molecule has 1 saturated heterocycles. The Bertz CT molecular complexity index is 820. The van der Waals surface area contributed by atoms with Gasteiger partial charge in [-0.25, -0.2) is 0 Å². The summed E-state index contributed by atoms with van der Waals surface area (Å²) in [7, 11) is 3.53. The predicted octanol–water partition coefficient (Wildman–Crippen LogP) is 2.99.